The Bertz CT molecular complexity index is 610. The standard InChI is InChI=1S/C22H34F2O5.Na/c1-3-4-7-14(2)12-15(25)10-11-16-17(26)13-18-21(16)22(23,24)19(29-18)8-5-6-9-20(27)28;/h8,10-11,14-18,21,25-26H,3-7,9,12-13H2,1-2H3,(H,27,28);/q;+1/p-1/t14-,15-,16-,17+,18-,21+;/m0./s1. The Kier molecular flexibility index (Phi) is 11.5. The van der Waals surface area contributed by atoms with E-state index in [1.54, 1.807) is 0 Å². The molecule has 0 unspecified atom stereocenters. The summed E-state index contributed by atoms with van der Waals surface area (Å²) in [6.45, 7) is 4.17. The maximum atomic E-state index is 14.9. The van der Waals surface area contributed by atoms with Crippen molar-refractivity contribution in [2.24, 2.45) is 17.8 Å². The number of carboxylic acid groups (broad SMARTS) is 1. The van der Waals surface area contributed by atoms with E-state index in [2.05, 4.69) is 13.8 Å². The summed E-state index contributed by atoms with van der Waals surface area (Å²) >= 11 is 0. The molecule has 6 atom stereocenters. The fraction of sp³-hybridized carbons (Fsp3) is 0.773. The number of aliphatic hydroxyl groups is 2. The molecular formula is C22H33F2NaO5. The van der Waals surface area contributed by atoms with Gasteiger partial charge in [0.25, 0.3) is 0 Å². The molecule has 2 N–H and O–H groups in total. The van der Waals surface area contributed by atoms with Crippen molar-refractivity contribution in [3.05, 3.63) is 24.0 Å². The van der Waals surface area contributed by atoms with E-state index in [1.165, 1.54) is 18.2 Å². The number of carbonyl (C=O) groups is 1. The first kappa shape index (κ1) is 27.6. The van der Waals surface area contributed by atoms with E-state index >= 15 is 0 Å². The van der Waals surface area contributed by atoms with Crippen LogP contribution < -0.4 is 34.7 Å². The molecule has 2 aliphatic rings. The summed E-state index contributed by atoms with van der Waals surface area (Å²) in [4.78, 5) is 10.4. The number of carboxylic acids is 1. The summed E-state index contributed by atoms with van der Waals surface area (Å²) in [6.07, 6.45) is 5.84. The summed E-state index contributed by atoms with van der Waals surface area (Å²) in [5.41, 5.74) is 0. The third-order valence-electron chi connectivity index (χ3n) is 5.92. The van der Waals surface area contributed by atoms with Crippen LogP contribution in [0.15, 0.2) is 24.0 Å². The van der Waals surface area contributed by atoms with E-state index in [4.69, 9.17) is 4.74 Å². The molecule has 166 valence electrons. The number of fused-ring (bicyclic) bond motifs is 1. The molecule has 0 aromatic rings. The summed E-state index contributed by atoms with van der Waals surface area (Å²) in [7, 11) is 0. The molecule has 30 heavy (non-hydrogen) atoms. The molecular weight excluding hydrogens is 405 g/mol. The predicted molar refractivity (Wildman–Crippen MR) is 103 cm³/mol. The van der Waals surface area contributed by atoms with Gasteiger partial charge in [-0.05, 0) is 37.7 Å². The minimum absolute atomic E-state index is 0. The molecule has 0 radical (unpaired) electrons. The van der Waals surface area contributed by atoms with Gasteiger partial charge in [-0.25, -0.2) is 0 Å². The van der Waals surface area contributed by atoms with Crippen LogP contribution in [-0.4, -0.2) is 40.4 Å². The van der Waals surface area contributed by atoms with Gasteiger partial charge in [0.2, 0.25) is 0 Å². The van der Waals surface area contributed by atoms with E-state index in [9.17, 15) is 28.9 Å². The Labute approximate surface area is 199 Å². The first-order valence-electron chi connectivity index (χ1n) is 10.7. The molecule has 0 aromatic heterocycles. The number of ether oxygens (including phenoxy) is 1. The fourth-order valence-corrected chi connectivity index (χ4v) is 4.36. The first-order valence-corrected chi connectivity index (χ1v) is 10.7. The van der Waals surface area contributed by atoms with Gasteiger partial charge in [0.1, 0.15) is 6.10 Å². The monoisotopic (exact) mass is 438 g/mol. The molecule has 8 heteroatoms. The molecule has 2 fully saturated rings. The van der Waals surface area contributed by atoms with Crippen molar-refractivity contribution in [3.63, 3.8) is 0 Å². The molecule has 0 spiro atoms. The molecule has 1 heterocycles. The molecule has 1 saturated carbocycles. The molecule has 1 saturated heterocycles. The molecule has 0 aromatic carbocycles. The van der Waals surface area contributed by atoms with Crippen LogP contribution in [0.1, 0.15) is 65.2 Å². The van der Waals surface area contributed by atoms with Crippen LogP contribution in [0, 0.1) is 17.8 Å². The summed E-state index contributed by atoms with van der Waals surface area (Å²) < 4.78 is 35.3. The van der Waals surface area contributed by atoms with E-state index in [-0.39, 0.29) is 55.2 Å². The van der Waals surface area contributed by atoms with E-state index < -0.39 is 47.8 Å². The minimum Gasteiger partial charge on any atom is -0.550 e. The molecule has 5 nitrogen and oxygen atoms in total. The predicted octanol–water partition coefficient (Wildman–Crippen LogP) is -0.0409. The van der Waals surface area contributed by atoms with Gasteiger partial charge in [-0.15, -0.1) is 0 Å². The molecule has 2 rings (SSSR count). The number of carbonyl (C=O) groups excluding carboxylic acids is 1. The zero-order valence-electron chi connectivity index (χ0n) is 18.2. The van der Waals surface area contributed by atoms with Crippen molar-refractivity contribution in [1.29, 1.82) is 0 Å². The Morgan fingerprint density at radius 2 is 2.10 bits per heavy atom. The van der Waals surface area contributed by atoms with Gasteiger partial charge < -0.3 is 24.9 Å². The van der Waals surface area contributed by atoms with Gasteiger partial charge in [0, 0.05) is 18.3 Å². The topological polar surface area (TPSA) is 89.8 Å². The van der Waals surface area contributed by atoms with Crippen LogP contribution in [0.25, 0.3) is 0 Å². The van der Waals surface area contributed by atoms with Gasteiger partial charge in [-0.2, -0.15) is 8.78 Å². The largest absolute Gasteiger partial charge is 1.00 e. The summed E-state index contributed by atoms with van der Waals surface area (Å²) in [5.74, 6) is -6.55. The first-order chi connectivity index (χ1) is 13.7. The third kappa shape index (κ3) is 7.30. The average Bonchev–Trinajstić information content (AvgIpc) is 3.07. The van der Waals surface area contributed by atoms with Crippen LogP contribution in [-0.2, 0) is 9.53 Å². The summed E-state index contributed by atoms with van der Waals surface area (Å²) in [5, 5.41) is 30.9. The SMILES string of the molecule is CCCC[C@H](C)C[C@@H](O)C=C[C@@H]1[C@@H]2[C@H](C[C@H]1O)OC(=CCCCC(=O)[O-])C2(F)F.[Na+]. The van der Waals surface area contributed by atoms with Crippen LogP contribution >= 0.6 is 0 Å². The van der Waals surface area contributed by atoms with Crippen molar-refractivity contribution in [1.82, 2.24) is 0 Å². The zero-order valence-corrected chi connectivity index (χ0v) is 20.2. The van der Waals surface area contributed by atoms with Crippen molar-refractivity contribution in [2.45, 2.75) is 89.4 Å². The number of unbranched alkanes of at least 4 members (excludes halogenated alkanes) is 2. The third-order valence-corrected chi connectivity index (χ3v) is 5.92. The average molecular weight is 438 g/mol. The Hall–Kier alpha value is -0.470. The Morgan fingerprint density at radius 1 is 1.40 bits per heavy atom. The minimum atomic E-state index is -3.24. The second-order valence-corrected chi connectivity index (χ2v) is 8.45. The Balaban J connectivity index is 0.00000450. The number of aliphatic carboxylic acids is 1. The van der Waals surface area contributed by atoms with Crippen LogP contribution in [0.2, 0.25) is 0 Å². The van der Waals surface area contributed by atoms with Crippen molar-refractivity contribution < 1.29 is 63.2 Å². The van der Waals surface area contributed by atoms with E-state index in [0.29, 0.717) is 12.3 Å². The van der Waals surface area contributed by atoms with Gasteiger partial charge in [0.05, 0.1) is 18.1 Å². The molecule has 0 bridgehead atoms. The molecule has 1 aliphatic heterocycles. The second kappa shape index (κ2) is 12.5. The number of aliphatic hydroxyl groups excluding tert-OH is 2. The van der Waals surface area contributed by atoms with Crippen molar-refractivity contribution in [3.8, 4) is 0 Å². The van der Waals surface area contributed by atoms with Crippen LogP contribution in [0.3, 0.4) is 0 Å². The maximum Gasteiger partial charge on any atom is 1.00 e. The van der Waals surface area contributed by atoms with Crippen molar-refractivity contribution in [2.75, 3.05) is 0 Å². The molecule has 0 amide bonds. The van der Waals surface area contributed by atoms with E-state index in [0.717, 1.165) is 19.3 Å². The van der Waals surface area contributed by atoms with Crippen LogP contribution in [0.4, 0.5) is 8.78 Å². The van der Waals surface area contributed by atoms with E-state index in [1.807, 2.05) is 0 Å². The zero-order chi connectivity index (χ0) is 21.6. The number of hydrogen-bond donors (Lipinski definition) is 2. The number of halogens is 2. The second-order valence-electron chi connectivity index (χ2n) is 8.45. The van der Waals surface area contributed by atoms with Gasteiger partial charge in [-0.3, -0.25) is 0 Å². The smallest absolute Gasteiger partial charge is 0.550 e. The van der Waals surface area contributed by atoms with Gasteiger partial charge >= 0.3 is 35.5 Å². The quantitative estimate of drug-likeness (QED) is 0.268. The fourth-order valence-electron chi connectivity index (χ4n) is 4.36. The molecule has 1 aliphatic carbocycles. The van der Waals surface area contributed by atoms with Crippen LogP contribution in [0.5, 0.6) is 0 Å². The number of alkyl halides is 2. The number of rotatable bonds is 11. The normalized spacial score (nSPS) is 30.7. The summed E-state index contributed by atoms with van der Waals surface area (Å²) in [6, 6.07) is 0. The van der Waals surface area contributed by atoms with Gasteiger partial charge in [0.15, 0.2) is 5.76 Å². The van der Waals surface area contributed by atoms with Gasteiger partial charge in [-0.1, -0.05) is 45.3 Å². The Morgan fingerprint density at radius 3 is 2.73 bits per heavy atom. The van der Waals surface area contributed by atoms with Crippen molar-refractivity contribution >= 4 is 5.97 Å². The number of hydrogen-bond acceptors (Lipinski definition) is 5. The number of allylic oxidation sites excluding steroid dienone is 2. The maximum absolute atomic E-state index is 14.9.